The SMILES string of the molecule is Cc1ccnc(CC/C=C/c2ccccc2)c1. The van der Waals surface area contributed by atoms with E-state index in [1.54, 1.807) is 0 Å². The van der Waals surface area contributed by atoms with E-state index >= 15 is 0 Å². The highest BCUT2D eigenvalue weighted by Gasteiger charge is 1.92. The van der Waals surface area contributed by atoms with Crippen molar-refractivity contribution in [2.75, 3.05) is 0 Å². The normalized spacial score (nSPS) is 10.9. The first kappa shape index (κ1) is 11.6. The molecule has 0 radical (unpaired) electrons. The Kier molecular flexibility index (Phi) is 4.09. The Labute approximate surface area is 103 Å². The molecule has 0 N–H and O–H groups in total. The van der Waals surface area contributed by atoms with E-state index in [1.807, 2.05) is 18.3 Å². The van der Waals surface area contributed by atoms with Crippen molar-refractivity contribution < 1.29 is 0 Å². The number of aromatic nitrogens is 1. The topological polar surface area (TPSA) is 12.9 Å². The van der Waals surface area contributed by atoms with Crippen molar-refractivity contribution in [3.05, 3.63) is 71.6 Å². The van der Waals surface area contributed by atoms with Crippen LogP contribution in [-0.4, -0.2) is 4.98 Å². The van der Waals surface area contributed by atoms with Crippen LogP contribution in [0.15, 0.2) is 54.7 Å². The van der Waals surface area contributed by atoms with E-state index < -0.39 is 0 Å². The summed E-state index contributed by atoms with van der Waals surface area (Å²) in [5, 5.41) is 0. The fraction of sp³-hybridized carbons (Fsp3) is 0.188. The zero-order valence-electron chi connectivity index (χ0n) is 10.1. The van der Waals surface area contributed by atoms with E-state index in [4.69, 9.17) is 0 Å². The van der Waals surface area contributed by atoms with Gasteiger partial charge in [-0.1, -0.05) is 42.5 Å². The largest absolute Gasteiger partial charge is 0.261 e. The van der Waals surface area contributed by atoms with Gasteiger partial charge in [-0.05, 0) is 43.0 Å². The van der Waals surface area contributed by atoms with Crippen molar-refractivity contribution in [2.45, 2.75) is 19.8 Å². The first-order valence-electron chi connectivity index (χ1n) is 5.98. The minimum absolute atomic E-state index is 1.00. The maximum Gasteiger partial charge on any atom is 0.0409 e. The lowest BCUT2D eigenvalue weighted by molar-refractivity contribution is 0.942. The molecule has 0 saturated heterocycles. The average Bonchev–Trinajstić information content (AvgIpc) is 2.36. The Bertz CT molecular complexity index is 486. The lowest BCUT2D eigenvalue weighted by atomic mass is 10.1. The average molecular weight is 223 g/mol. The molecule has 1 aromatic heterocycles. The van der Waals surface area contributed by atoms with Gasteiger partial charge in [-0.25, -0.2) is 0 Å². The lowest BCUT2D eigenvalue weighted by Crippen LogP contribution is -1.88. The number of hydrogen-bond acceptors (Lipinski definition) is 1. The molecule has 0 aliphatic carbocycles. The molecule has 2 aromatic rings. The van der Waals surface area contributed by atoms with Gasteiger partial charge in [-0.2, -0.15) is 0 Å². The first-order chi connectivity index (χ1) is 8.34. The number of hydrogen-bond donors (Lipinski definition) is 0. The van der Waals surface area contributed by atoms with Crippen LogP contribution in [0.25, 0.3) is 6.08 Å². The van der Waals surface area contributed by atoms with E-state index in [-0.39, 0.29) is 0 Å². The summed E-state index contributed by atoms with van der Waals surface area (Å²) in [5.74, 6) is 0. The zero-order chi connectivity index (χ0) is 11.9. The Hall–Kier alpha value is -1.89. The Morgan fingerprint density at radius 1 is 1.12 bits per heavy atom. The van der Waals surface area contributed by atoms with E-state index in [2.05, 4.69) is 54.4 Å². The molecular weight excluding hydrogens is 206 g/mol. The molecule has 17 heavy (non-hydrogen) atoms. The lowest BCUT2D eigenvalue weighted by Gasteiger charge is -1.98. The third-order valence-electron chi connectivity index (χ3n) is 2.65. The molecule has 86 valence electrons. The van der Waals surface area contributed by atoms with Crippen LogP contribution in [0.3, 0.4) is 0 Å². The summed E-state index contributed by atoms with van der Waals surface area (Å²) in [6.45, 7) is 2.10. The van der Waals surface area contributed by atoms with Gasteiger partial charge in [0.05, 0.1) is 0 Å². The minimum Gasteiger partial charge on any atom is -0.261 e. The minimum atomic E-state index is 1.00. The van der Waals surface area contributed by atoms with Crippen LogP contribution in [0, 0.1) is 6.92 Å². The van der Waals surface area contributed by atoms with Crippen LogP contribution >= 0.6 is 0 Å². The molecule has 2 rings (SSSR count). The molecule has 0 atom stereocenters. The van der Waals surface area contributed by atoms with Gasteiger partial charge < -0.3 is 0 Å². The molecule has 1 aromatic carbocycles. The molecule has 1 nitrogen and oxygen atoms in total. The van der Waals surface area contributed by atoms with Crippen LogP contribution < -0.4 is 0 Å². The molecule has 1 heteroatoms. The summed E-state index contributed by atoms with van der Waals surface area (Å²) in [7, 11) is 0. The quantitative estimate of drug-likeness (QED) is 0.762. The second-order valence-corrected chi connectivity index (χ2v) is 4.18. The summed E-state index contributed by atoms with van der Waals surface area (Å²) in [4.78, 5) is 4.35. The zero-order valence-corrected chi connectivity index (χ0v) is 10.1. The number of allylic oxidation sites excluding steroid dienone is 1. The van der Waals surface area contributed by atoms with Gasteiger partial charge in [0.2, 0.25) is 0 Å². The molecule has 0 unspecified atom stereocenters. The third kappa shape index (κ3) is 3.87. The maximum atomic E-state index is 4.35. The van der Waals surface area contributed by atoms with E-state index in [9.17, 15) is 0 Å². The molecule has 0 saturated carbocycles. The Morgan fingerprint density at radius 3 is 2.71 bits per heavy atom. The van der Waals surface area contributed by atoms with Gasteiger partial charge in [0.15, 0.2) is 0 Å². The molecule has 0 aliphatic heterocycles. The van der Waals surface area contributed by atoms with Crippen molar-refractivity contribution in [3.63, 3.8) is 0 Å². The van der Waals surface area contributed by atoms with Gasteiger partial charge in [0.25, 0.3) is 0 Å². The maximum absolute atomic E-state index is 4.35. The van der Waals surface area contributed by atoms with Crippen molar-refractivity contribution in [3.8, 4) is 0 Å². The second kappa shape index (κ2) is 6.00. The van der Waals surface area contributed by atoms with E-state index in [1.165, 1.54) is 16.8 Å². The first-order valence-corrected chi connectivity index (χ1v) is 5.98. The molecule has 0 amide bonds. The monoisotopic (exact) mass is 223 g/mol. The van der Waals surface area contributed by atoms with Gasteiger partial charge in [0, 0.05) is 11.9 Å². The van der Waals surface area contributed by atoms with Crippen molar-refractivity contribution >= 4 is 6.08 Å². The summed E-state index contributed by atoms with van der Waals surface area (Å²) >= 11 is 0. The van der Waals surface area contributed by atoms with Crippen molar-refractivity contribution in [2.24, 2.45) is 0 Å². The van der Waals surface area contributed by atoms with Crippen LogP contribution in [0.5, 0.6) is 0 Å². The number of aryl methyl sites for hydroxylation is 2. The van der Waals surface area contributed by atoms with Crippen LogP contribution in [0.1, 0.15) is 23.2 Å². The van der Waals surface area contributed by atoms with E-state index in [0.29, 0.717) is 0 Å². The van der Waals surface area contributed by atoms with Gasteiger partial charge in [-0.3, -0.25) is 4.98 Å². The van der Waals surface area contributed by atoms with Crippen LogP contribution in [0.2, 0.25) is 0 Å². The Balaban J connectivity index is 1.86. The van der Waals surface area contributed by atoms with Crippen LogP contribution in [0.4, 0.5) is 0 Å². The summed E-state index contributed by atoms with van der Waals surface area (Å²) in [5.41, 5.74) is 3.70. The van der Waals surface area contributed by atoms with Gasteiger partial charge in [-0.15, -0.1) is 0 Å². The number of benzene rings is 1. The van der Waals surface area contributed by atoms with E-state index in [0.717, 1.165) is 12.8 Å². The van der Waals surface area contributed by atoms with Gasteiger partial charge >= 0.3 is 0 Å². The molecular formula is C16H17N. The Morgan fingerprint density at radius 2 is 1.94 bits per heavy atom. The third-order valence-corrected chi connectivity index (χ3v) is 2.65. The highest BCUT2D eigenvalue weighted by Crippen LogP contribution is 2.06. The smallest absolute Gasteiger partial charge is 0.0409 e. The molecule has 0 fully saturated rings. The second-order valence-electron chi connectivity index (χ2n) is 4.18. The highest BCUT2D eigenvalue weighted by molar-refractivity contribution is 5.48. The number of nitrogens with zero attached hydrogens (tertiary/aromatic N) is 1. The molecule has 1 heterocycles. The standard InChI is InChI=1S/C16H17N/c1-14-11-12-17-16(13-14)10-6-5-9-15-7-3-2-4-8-15/h2-5,7-9,11-13H,6,10H2,1H3/b9-5+. The summed E-state index contributed by atoms with van der Waals surface area (Å²) in [6, 6.07) is 14.6. The molecule has 0 aliphatic rings. The highest BCUT2D eigenvalue weighted by atomic mass is 14.7. The molecule has 0 spiro atoms. The predicted molar refractivity (Wildman–Crippen MR) is 72.8 cm³/mol. The fourth-order valence-corrected chi connectivity index (χ4v) is 1.75. The predicted octanol–water partition coefficient (Wildman–Crippen LogP) is 4.04. The van der Waals surface area contributed by atoms with Crippen molar-refractivity contribution in [1.82, 2.24) is 4.98 Å². The summed E-state index contributed by atoms with van der Waals surface area (Å²) in [6.07, 6.45) is 8.29. The molecule has 0 bridgehead atoms. The number of rotatable bonds is 4. The summed E-state index contributed by atoms with van der Waals surface area (Å²) < 4.78 is 0. The number of pyridine rings is 1. The fourth-order valence-electron chi connectivity index (χ4n) is 1.75. The van der Waals surface area contributed by atoms with Crippen molar-refractivity contribution in [1.29, 1.82) is 0 Å². The van der Waals surface area contributed by atoms with Gasteiger partial charge in [0.1, 0.15) is 0 Å². The van der Waals surface area contributed by atoms with Crippen LogP contribution in [-0.2, 0) is 6.42 Å².